The predicted octanol–water partition coefficient (Wildman–Crippen LogP) is 4.84. The number of rotatable bonds is 8. The highest BCUT2D eigenvalue weighted by atomic mass is 16.5. The van der Waals surface area contributed by atoms with Gasteiger partial charge in [-0.15, -0.1) is 0 Å². The summed E-state index contributed by atoms with van der Waals surface area (Å²) in [6.45, 7) is 5.82. The molecule has 0 aromatic heterocycles. The van der Waals surface area contributed by atoms with E-state index in [1.54, 1.807) is 0 Å². The fourth-order valence-electron chi connectivity index (χ4n) is 3.58. The van der Waals surface area contributed by atoms with Crippen LogP contribution in [0.1, 0.15) is 43.7 Å². The van der Waals surface area contributed by atoms with Crippen LogP contribution in [-0.4, -0.2) is 30.6 Å². The summed E-state index contributed by atoms with van der Waals surface area (Å²) in [5, 5.41) is 0. The molecule has 2 aromatic rings. The van der Waals surface area contributed by atoms with Crippen LogP contribution < -0.4 is 0 Å². The van der Waals surface area contributed by atoms with Crippen molar-refractivity contribution in [2.24, 2.45) is 0 Å². The van der Waals surface area contributed by atoms with Crippen molar-refractivity contribution in [3.8, 4) is 11.1 Å². The number of ether oxygens (including phenoxy) is 1. The van der Waals surface area contributed by atoms with Crippen molar-refractivity contribution in [1.82, 2.24) is 4.90 Å². The van der Waals surface area contributed by atoms with E-state index < -0.39 is 0 Å². The van der Waals surface area contributed by atoms with Crippen molar-refractivity contribution in [1.29, 1.82) is 0 Å². The van der Waals surface area contributed by atoms with Crippen molar-refractivity contribution in [3.63, 3.8) is 0 Å². The third-order valence-electron chi connectivity index (χ3n) is 4.97. The van der Waals surface area contributed by atoms with Crippen LogP contribution in [0.15, 0.2) is 48.5 Å². The van der Waals surface area contributed by atoms with Gasteiger partial charge in [-0.25, -0.2) is 0 Å². The Morgan fingerprint density at radius 3 is 2.50 bits per heavy atom. The molecule has 1 saturated heterocycles. The highest BCUT2D eigenvalue weighted by Crippen LogP contribution is 2.23. The van der Waals surface area contributed by atoms with E-state index in [0.717, 1.165) is 19.4 Å². The third kappa shape index (κ3) is 5.43. The summed E-state index contributed by atoms with van der Waals surface area (Å²) in [5.74, 6) is -0.0982. The number of aryl methyl sites for hydroxylation is 1. The molecule has 2 aromatic carbocycles. The topological polar surface area (TPSA) is 29.5 Å². The second-order valence-electron chi connectivity index (χ2n) is 7.04. The van der Waals surface area contributed by atoms with Gasteiger partial charge in [-0.3, -0.25) is 9.69 Å². The Bertz CT molecular complexity index is 702. The molecule has 0 aliphatic carbocycles. The lowest BCUT2D eigenvalue weighted by atomic mass is 10.00. The van der Waals surface area contributed by atoms with E-state index >= 15 is 0 Å². The number of carbonyl (C=O) groups excluding carboxylic acids is 1. The van der Waals surface area contributed by atoms with E-state index in [1.807, 2.05) is 6.92 Å². The van der Waals surface area contributed by atoms with Crippen LogP contribution in [0.3, 0.4) is 0 Å². The normalized spacial score (nSPS) is 14.5. The first-order valence-electron chi connectivity index (χ1n) is 9.81. The first-order valence-corrected chi connectivity index (χ1v) is 9.81. The van der Waals surface area contributed by atoms with Gasteiger partial charge in [0.1, 0.15) is 0 Å². The van der Waals surface area contributed by atoms with Crippen LogP contribution in [-0.2, 0) is 22.5 Å². The molecule has 0 spiro atoms. The minimum absolute atomic E-state index is 0.0982. The number of esters is 1. The van der Waals surface area contributed by atoms with Gasteiger partial charge < -0.3 is 4.74 Å². The number of likely N-dealkylation sites (tertiary alicyclic amines) is 1. The van der Waals surface area contributed by atoms with Gasteiger partial charge in [-0.1, -0.05) is 42.5 Å². The number of benzene rings is 2. The molecule has 3 rings (SSSR count). The molecule has 3 nitrogen and oxygen atoms in total. The maximum atomic E-state index is 11.4. The standard InChI is InChI=1S/C23H29NO2/c1-2-26-23(25)10-6-7-19-11-13-21(14-12-19)22-9-5-8-20(17-22)18-24-15-3-4-16-24/h5,8-9,11-14,17H,2-4,6-7,10,15-16,18H2,1H3. The van der Waals surface area contributed by atoms with E-state index in [9.17, 15) is 4.79 Å². The molecule has 0 amide bonds. The summed E-state index contributed by atoms with van der Waals surface area (Å²) in [4.78, 5) is 13.9. The van der Waals surface area contributed by atoms with E-state index in [0.29, 0.717) is 13.0 Å². The van der Waals surface area contributed by atoms with Crippen LogP contribution in [0, 0.1) is 0 Å². The van der Waals surface area contributed by atoms with Gasteiger partial charge in [-0.2, -0.15) is 0 Å². The Kier molecular flexibility index (Phi) is 6.84. The van der Waals surface area contributed by atoms with Gasteiger partial charge >= 0.3 is 5.97 Å². The summed E-state index contributed by atoms with van der Waals surface area (Å²) in [6, 6.07) is 17.6. The molecule has 0 unspecified atom stereocenters. The zero-order chi connectivity index (χ0) is 18.2. The van der Waals surface area contributed by atoms with Crippen molar-refractivity contribution in [2.75, 3.05) is 19.7 Å². The van der Waals surface area contributed by atoms with Gasteiger partial charge in [0.25, 0.3) is 0 Å². The fraction of sp³-hybridized carbons (Fsp3) is 0.435. The van der Waals surface area contributed by atoms with Gasteiger partial charge in [0.2, 0.25) is 0 Å². The lowest BCUT2D eigenvalue weighted by molar-refractivity contribution is -0.143. The molecule has 3 heteroatoms. The predicted molar refractivity (Wildman–Crippen MR) is 106 cm³/mol. The molecule has 0 saturated carbocycles. The van der Waals surface area contributed by atoms with Gasteiger partial charge in [0, 0.05) is 13.0 Å². The lowest BCUT2D eigenvalue weighted by Gasteiger charge is -2.15. The molecule has 0 atom stereocenters. The first-order chi connectivity index (χ1) is 12.7. The molecule has 26 heavy (non-hydrogen) atoms. The smallest absolute Gasteiger partial charge is 0.305 e. The van der Waals surface area contributed by atoms with Crippen LogP contribution in [0.4, 0.5) is 0 Å². The van der Waals surface area contributed by atoms with E-state index in [4.69, 9.17) is 4.74 Å². The monoisotopic (exact) mass is 351 g/mol. The average Bonchev–Trinajstić information content (AvgIpc) is 3.16. The molecule has 0 radical (unpaired) electrons. The first kappa shape index (κ1) is 18.7. The summed E-state index contributed by atoms with van der Waals surface area (Å²) < 4.78 is 4.97. The molecule has 0 N–H and O–H groups in total. The molecule has 1 fully saturated rings. The van der Waals surface area contributed by atoms with Crippen LogP contribution in [0.5, 0.6) is 0 Å². The highest BCUT2D eigenvalue weighted by molar-refractivity contribution is 5.69. The quantitative estimate of drug-likeness (QED) is 0.638. The summed E-state index contributed by atoms with van der Waals surface area (Å²) in [7, 11) is 0. The zero-order valence-corrected chi connectivity index (χ0v) is 15.7. The lowest BCUT2D eigenvalue weighted by Crippen LogP contribution is -2.18. The largest absolute Gasteiger partial charge is 0.466 e. The maximum Gasteiger partial charge on any atom is 0.305 e. The summed E-state index contributed by atoms with van der Waals surface area (Å²) in [6.07, 6.45) is 4.90. The van der Waals surface area contributed by atoms with Gasteiger partial charge in [0.15, 0.2) is 0 Å². The molecule has 1 heterocycles. The van der Waals surface area contributed by atoms with E-state index in [-0.39, 0.29) is 5.97 Å². The molecule has 1 aliphatic rings. The van der Waals surface area contributed by atoms with Crippen LogP contribution in [0.25, 0.3) is 11.1 Å². The zero-order valence-electron chi connectivity index (χ0n) is 15.7. The highest BCUT2D eigenvalue weighted by Gasteiger charge is 2.12. The summed E-state index contributed by atoms with van der Waals surface area (Å²) >= 11 is 0. The van der Waals surface area contributed by atoms with E-state index in [1.165, 1.54) is 48.2 Å². The molecular formula is C23H29NO2. The van der Waals surface area contributed by atoms with Crippen molar-refractivity contribution >= 4 is 5.97 Å². The Balaban J connectivity index is 1.56. The minimum Gasteiger partial charge on any atom is -0.466 e. The number of hydrogen-bond donors (Lipinski definition) is 0. The SMILES string of the molecule is CCOC(=O)CCCc1ccc(-c2cccc(CN3CCCC3)c2)cc1. The molecular weight excluding hydrogens is 322 g/mol. The summed E-state index contributed by atoms with van der Waals surface area (Å²) in [5.41, 5.74) is 5.19. The van der Waals surface area contributed by atoms with Crippen molar-refractivity contribution < 1.29 is 9.53 Å². The van der Waals surface area contributed by atoms with Gasteiger partial charge in [-0.05, 0) is 74.0 Å². The number of carbonyl (C=O) groups is 1. The van der Waals surface area contributed by atoms with E-state index in [2.05, 4.69) is 53.4 Å². The van der Waals surface area contributed by atoms with Crippen molar-refractivity contribution in [3.05, 3.63) is 59.7 Å². The molecule has 1 aliphatic heterocycles. The van der Waals surface area contributed by atoms with Crippen LogP contribution >= 0.6 is 0 Å². The number of nitrogens with zero attached hydrogens (tertiary/aromatic N) is 1. The van der Waals surface area contributed by atoms with Gasteiger partial charge in [0.05, 0.1) is 6.61 Å². The minimum atomic E-state index is -0.0982. The Labute approximate surface area is 157 Å². The van der Waals surface area contributed by atoms with Crippen LogP contribution in [0.2, 0.25) is 0 Å². The molecule has 138 valence electrons. The Morgan fingerprint density at radius 1 is 1.00 bits per heavy atom. The Morgan fingerprint density at radius 2 is 1.77 bits per heavy atom. The third-order valence-corrected chi connectivity index (χ3v) is 4.97. The number of hydrogen-bond acceptors (Lipinski definition) is 3. The fourth-order valence-corrected chi connectivity index (χ4v) is 3.58. The Hall–Kier alpha value is -2.13. The average molecular weight is 351 g/mol. The maximum absolute atomic E-state index is 11.4. The molecule has 0 bridgehead atoms. The second kappa shape index (κ2) is 9.54. The van der Waals surface area contributed by atoms with Crippen molar-refractivity contribution in [2.45, 2.75) is 45.6 Å². The second-order valence-corrected chi connectivity index (χ2v) is 7.04.